The van der Waals surface area contributed by atoms with Crippen LogP contribution in [0.15, 0.2) is 35.1 Å². The van der Waals surface area contributed by atoms with Crippen LogP contribution in [-0.2, 0) is 20.1 Å². The molecular weight excluding hydrogens is 334 g/mol. The number of nitrogens with two attached hydrogens (primary N) is 1. The first-order valence-corrected chi connectivity index (χ1v) is 7.24. The molecule has 112 valence electrons. The van der Waals surface area contributed by atoms with Gasteiger partial charge in [-0.25, -0.2) is 10.8 Å². The van der Waals surface area contributed by atoms with E-state index in [1.165, 1.54) is 0 Å². The number of nitrogen functional groups attached to an aromatic ring is 1. The summed E-state index contributed by atoms with van der Waals surface area (Å²) in [4.78, 5) is 17.9. The molecule has 0 saturated heterocycles. The third-order valence-corrected chi connectivity index (χ3v) is 3.96. The molecule has 1 heterocycles. The number of aromatic nitrogens is 2. The summed E-state index contributed by atoms with van der Waals surface area (Å²) < 4.78 is 2.88. The van der Waals surface area contributed by atoms with E-state index in [0.29, 0.717) is 5.56 Å². The smallest absolute Gasteiger partial charge is 0.265 e. The topological polar surface area (TPSA) is 76.2 Å². The first-order chi connectivity index (χ1) is 10.0. The van der Waals surface area contributed by atoms with E-state index in [1.807, 2.05) is 30.9 Å². The molecule has 2 aromatic rings. The summed E-state index contributed by atoms with van der Waals surface area (Å²) in [6.07, 6.45) is 3.72. The molecule has 3 N–H and O–H groups in total. The molecule has 0 unspecified atom stereocenters. The van der Waals surface area contributed by atoms with Crippen molar-refractivity contribution in [1.29, 1.82) is 0 Å². The number of hydrazine groups is 1. The van der Waals surface area contributed by atoms with E-state index in [-0.39, 0.29) is 5.91 Å². The highest BCUT2D eigenvalue weighted by molar-refractivity contribution is 9.10. The van der Waals surface area contributed by atoms with Crippen molar-refractivity contribution >= 4 is 21.8 Å². The maximum Gasteiger partial charge on any atom is 0.265 e. The molecule has 0 aliphatic heterocycles. The number of nitrogens with zero attached hydrogens (tertiary/aromatic N) is 3. The van der Waals surface area contributed by atoms with Crippen molar-refractivity contribution in [3.63, 3.8) is 0 Å². The molecule has 21 heavy (non-hydrogen) atoms. The molecule has 7 heteroatoms. The van der Waals surface area contributed by atoms with Crippen molar-refractivity contribution in [2.24, 2.45) is 12.9 Å². The standard InChI is InChI=1S/C14H18BrN5O/c1-19(9-13-17-5-6-20(13)2)8-11-4-3-10(7-12(11)15)14(21)18-16/h3-7H,8-9,16H2,1-2H3,(H,18,21). The van der Waals surface area contributed by atoms with Gasteiger partial charge in [0.2, 0.25) is 0 Å². The second-order valence-electron chi connectivity index (χ2n) is 4.91. The van der Waals surface area contributed by atoms with Crippen molar-refractivity contribution in [2.75, 3.05) is 7.05 Å². The van der Waals surface area contributed by atoms with Gasteiger partial charge in [-0.3, -0.25) is 15.1 Å². The maximum atomic E-state index is 11.5. The summed E-state index contributed by atoms with van der Waals surface area (Å²) in [6, 6.07) is 5.45. The van der Waals surface area contributed by atoms with Crippen molar-refractivity contribution in [3.8, 4) is 0 Å². The number of benzene rings is 1. The highest BCUT2D eigenvalue weighted by Crippen LogP contribution is 2.20. The SMILES string of the molecule is CN(Cc1ccc(C(=O)NN)cc1Br)Cc1nccn1C. The number of amides is 1. The Hall–Kier alpha value is -1.70. The Bertz CT molecular complexity index is 640. The largest absolute Gasteiger partial charge is 0.337 e. The number of hydrogen-bond donors (Lipinski definition) is 2. The Morgan fingerprint density at radius 2 is 2.24 bits per heavy atom. The predicted molar refractivity (Wildman–Crippen MR) is 84.2 cm³/mol. The van der Waals surface area contributed by atoms with Gasteiger partial charge >= 0.3 is 0 Å². The third-order valence-electron chi connectivity index (χ3n) is 3.22. The summed E-state index contributed by atoms with van der Waals surface area (Å²) in [5, 5.41) is 0. The molecule has 0 radical (unpaired) electrons. The number of nitrogens with one attached hydrogen (secondary N) is 1. The Morgan fingerprint density at radius 1 is 1.48 bits per heavy atom. The molecule has 1 aromatic heterocycles. The summed E-state index contributed by atoms with van der Waals surface area (Å²) in [5.41, 5.74) is 3.75. The third kappa shape index (κ3) is 3.90. The highest BCUT2D eigenvalue weighted by Gasteiger charge is 2.10. The van der Waals surface area contributed by atoms with Crippen LogP contribution in [0.5, 0.6) is 0 Å². The van der Waals surface area contributed by atoms with Gasteiger partial charge in [0.1, 0.15) is 5.82 Å². The zero-order valence-corrected chi connectivity index (χ0v) is 13.6. The van der Waals surface area contributed by atoms with Gasteiger partial charge < -0.3 is 4.57 Å². The van der Waals surface area contributed by atoms with Gasteiger partial charge in [-0.1, -0.05) is 22.0 Å². The molecule has 2 rings (SSSR count). The molecule has 0 aliphatic carbocycles. The number of carbonyl (C=O) groups excluding carboxylic acids is 1. The van der Waals surface area contributed by atoms with E-state index in [9.17, 15) is 4.79 Å². The molecule has 6 nitrogen and oxygen atoms in total. The zero-order chi connectivity index (χ0) is 15.4. The second kappa shape index (κ2) is 6.84. The number of halogens is 1. The normalized spacial score (nSPS) is 10.9. The van der Waals surface area contributed by atoms with E-state index in [0.717, 1.165) is 29.0 Å². The van der Waals surface area contributed by atoms with Crippen molar-refractivity contribution in [2.45, 2.75) is 13.1 Å². The maximum absolute atomic E-state index is 11.5. The zero-order valence-electron chi connectivity index (χ0n) is 12.0. The average Bonchev–Trinajstić information content (AvgIpc) is 2.85. The summed E-state index contributed by atoms with van der Waals surface area (Å²) in [6.45, 7) is 1.50. The number of imidazole rings is 1. The molecule has 0 atom stereocenters. The Kier molecular flexibility index (Phi) is 5.11. The van der Waals surface area contributed by atoms with Crippen LogP contribution in [0, 0.1) is 0 Å². The van der Waals surface area contributed by atoms with E-state index < -0.39 is 0 Å². The van der Waals surface area contributed by atoms with E-state index in [1.54, 1.807) is 18.3 Å². The van der Waals surface area contributed by atoms with Crippen LogP contribution in [0.1, 0.15) is 21.7 Å². The fraction of sp³-hybridized carbons (Fsp3) is 0.286. The monoisotopic (exact) mass is 351 g/mol. The van der Waals surface area contributed by atoms with E-state index in [4.69, 9.17) is 5.84 Å². The molecule has 0 spiro atoms. The van der Waals surface area contributed by atoms with Crippen LogP contribution in [0.2, 0.25) is 0 Å². The summed E-state index contributed by atoms with van der Waals surface area (Å²) in [7, 11) is 4.01. The fourth-order valence-corrected chi connectivity index (χ4v) is 2.54. The lowest BCUT2D eigenvalue weighted by Crippen LogP contribution is -2.30. The second-order valence-corrected chi connectivity index (χ2v) is 5.76. The van der Waals surface area contributed by atoms with Gasteiger partial charge in [0, 0.05) is 36.0 Å². The number of aryl methyl sites for hydroxylation is 1. The molecule has 0 fully saturated rings. The van der Waals surface area contributed by atoms with Crippen LogP contribution in [0.4, 0.5) is 0 Å². The van der Waals surface area contributed by atoms with Gasteiger partial charge in [-0.05, 0) is 24.7 Å². The van der Waals surface area contributed by atoms with Gasteiger partial charge in [0.05, 0.1) is 6.54 Å². The quantitative estimate of drug-likeness (QED) is 0.485. The summed E-state index contributed by atoms with van der Waals surface area (Å²) in [5.74, 6) is 5.84. The van der Waals surface area contributed by atoms with Gasteiger partial charge in [0.15, 0.2) is 0 Å². The van der Waals surface area contributed by atoms with E-state index in [2.05, 4.69) is 31.2 Å². The number of hydrogen-bond acceptors (Lipinski definition) is 4. The minimum absolute atomic E-state index is 0.302. The lowest BCUT2D eigenvalue weighted by Gasteiger charge is -2.17. The molecule has 0 bridgehead atoms. The van der Waals surface area contributed by atoms with Gasteiger partial charge in [-0.2, -0.15) is 0 Å². The molecule has 1 aromatic carbocycles. The molecule has 0 saturated carbocycles. The number of carbonyl (C=O) groups is 1. The highest BCUT2D eigenvalue weighted by atomic mass is 79.9. The molecule has 1 amide bonds. The lowest BCUT2D eigenvalue weighted by molar-refractivity contribution is 0.0953. The van der Waals surface area contributed by atoms with Crippen molar-refractivity contribution < 1.29 is 4.79 Å². The Balaban J connectivity index is 2.05. The summed E-state index contributed by atoms with van der Waals surface area (Å²) >= 11 is 3.50. The van der Waals surface area contributed by atoms with Crippen molar-refractivity contribution in [3.05, 3.63) is 52.0 Å². The van der Waals surface area contributed by atoms with Crippen LogP contribution >= 0.6 is 15.9 Å². The van der Waals surface area contributed by atoms with Crippen LogP contribution in [-0.4, -0.2) is 27.4 Å². The van der Waals surface area contributed by atoms with Crippen molar-refractivity contribution in [1.82, 2.24) is 19.9 Å². The average molecular weight is 352 g/mol. The minimum Gasteiger partial charge on any atom is -0.337 e. The lowest BCUT2D eigenvalue weighted by atomic mass is 10.1. The Labute approximate surface area is 132 Å². The van der Waals surface area contributed by atoms with Crippen LogP contribution in [0.25, 0.3) is 0 Å². The van der Waals surface area contributed by atoms with Crippen LogP contribution in [0.3, 0.4) is 0 Å². The predicted octanol–water partition coefficient (Wildman–Crippen LogP) is 1.42. The van der Waals surface area contributed by atoms with Gasteiger partial charge in [0.25, 0.3) is 5.91 Å². The van der Waals surface area contributed by atoms with Crippen LogP contribution < -0.4 is 11.3 Å². The molecular formula is C14H18BrN5O. The Morgan fingerprint density at radius 3 is 2.81 bits per heavy atom. The van der Waals surface area contributed by atoms with E-state index >= 15 is 0 Å². The first kappa shape index (κ1) is 15.7. The first-order valence-electron chi connectivity index (χ1n) is 6.45. The molecule has 0 aliphatic rings. The van der Waals surface area contributed by atoms with Gasteiger partial charge in [-0.15, -0.1) is 0 Å². The fourth-order valence-electron chi connectivity index (χ4n) is 2.04. The minimum atomic E-state index is -0.302. The number of rotatable bonds is 5.